The average molecular weight is 939 g/mol. The zero-order valence-electron chi connectivity index (χ0n) is 39.8. The molecule has 0 aromatic heterocycles. The van der Waals surface area contributed by atoms with E-state index >= 15 is 0 Å². The fourth-order valence-corrected chi connectivity index (χ4v) is 8.26. The molecule has 0 aliphatic heterocycles. The molecular weight excluding hydrogens is 863 g/mol. The van der Waals surface area contributed by atoms with Gasteiger partial charge in [0.25, 0.3) is 0 Å². The van der Waals surface area contributed by atoms with Crippen LogP contribution in [0, 0.1) is 0 Å². The molecule has 0 saturated carbocycles. The van der Waals surface area contributed by atoms with Gasteiger partial charge in [0.15, 0.2) is 0 Å². The molecule has 0 unspecified atom stereocenters. The van der Waals surface area contributed by atoms with Gasteiger partial charge in [-0.2, -0.15) is 12.1 Å². The van der Waals surface area contributed by atoms with Crippen molar-refractivity contribution in [3.8, 4) is 22.3 Å². The topological polar surface area (TPSA) is 0 Å². The molecule has 0 bridgehead atoms. The molecule has 322 valence electrons. The normalized spacial score (nSPS) is 11.1. The molecule has 0 heterocycles. The molecule has 60 heavy (non-hydrogen) atoms. The summed E-state index contributed by atoms with van der Waals surface area (Å²) in [5, 5.41) is 5.68. The van der Waals surface area contributed by atoms with Gasteiger partial charge in [-0.25, -0.2) is 0 Å². The molecule has 0 amide bonds. The molecule has 0 nitrogen and oxygen atoms in total. The van der Waals surface area contributed by atoms with Crippen molar-refractivity contribution in [3.05, 3.63) is 129 Å². The van der Waals surface area contributed by atoms with E-state index in [1.54, 1.807) is 0 Å². The standard InChI is InChI=1S/2C27H35.C2H6Si.2ClH.Zr/c2*1-7-9-20-13-22-12-11-21(10-8-2)27(26(22)14-20)25-16-23(18(3)4)15-24(17-25)19(5)6;1-3-2;;;/h2*11-19H,7-10H2,1-6H3;1-2H3;2*1H;/q2*-1;;;;+4/p-2. The summed E-state index contributed by atoms with van der Waals surface area (Å²) in [6.45, 7) is 31.8. The van der Waals surface area contributed by atoms with E-state index < -0.39 is 20.8 Å². The van der Waals surface area contributed by atoms with E-state index in [-0.39, 0.29) is 0 Å². The minimum atomic E-state index is -0.826. The third kappa shape index (κ3) is 14.4. The third-order valence-electron chi connectivity index (χ3n) is 11.4. The van der Waals surface area contributed by atoms with Crippen molar-refractivity contribution in [2.24, 2.45) is 0 Å². The quantitative estimate of drug-likeness (QED) is 0.0754. The van der Waals surface area contributed by atoms with Crippen molar-refractivity contribution >= 4 is 48.1 Å². The number of benzene rings is 4. The number of hydrogen-bond acceptors (Lipinski definition) is 0. The first-order valence-electron chi connectivity index (χ1n) is 23.0. The van der Waals surface area contributed by atoms with Crippen LogP contribution in [-0.2, 0) is 46.5 Å². The Hall–Kier alpha value is -2.22. The Kier molecular flexibility index (Phi) is 22.9. The Morgan fingerprint density at radius 1 is 0.467 bits per heavy atom. The molecule has 0 fully saturated rings. The van der Waals surface area contributed by atoms with Gasteiger partial charge in [-0.3, -0.25) is 0 Å². The SMILES string of the molecule is CCCc1cc2c(-c3cc(C(C)C)cc(C(C)C)c3)c(CCC)ccc2[cH-]1.CCCc1cc2c(-c3cc(C(C)C)cc(C(C)C)c3)c(CCC)ccc2[cH-]1.C[Si]C.[Cl][Zr+2][Cl]. The van der Waals surface area contributed by atoms with E-state index in [4.69, 9.17) is 17.0 Å². The van der Waals surface area contributed by atoms with Crippen LogP contribution >= 0.6 is 17.0 Å². The summed E-state index contributed by atoms with van der Waals surface area (Å²) < 4.78 is 0. The molecule has 6 rings (SSSR count). The van der Waals surface area contributed by atoms with Crippen molar-refractivity contribution in [2.75, 3.05) is 0 Å². The van der Waals surface area contributed by atoms with Gasteiger partial charge in [-0.15, -0.1) is 69.1 Å². The zero-order valence-corrected chi connectivity index (χ0v) is 44.8. The number of halogens is 2. The fraction of sp³-hybridized carbons (Fsp3) is 0.464. The molecule has 0 aliphatic carbocycles. The molecule has 0 aliphatic rings. The molecule has 6 aromatic carbocycles. The van der Waals surface area contributed by atoms with Crippen molar-refractivity contribution in [1.29, 1.82) is 0 Å². The summed E-state index contributed by atoms with van der Waals surface area (Å²) in [7, 11) is 11.0. The van der Waals surface area contributed by atoms with Crippen molar-refractivity contribution in [1.82, 2.24) is 0 Å². The van der Waals surface area contributed by atoms with E-state index in [0.29, 0.717) is 23.7 Å². The predicted molar refractivity (Wildman–Crippen MR) is 271 cm³/mol. The molecule has 4 heteroatoms. The van der Waals surface area contributed by atoms with Crippen LogP contribution in [0.5, 0.6) is 0 Å². The van der Waals surface area contributed by atoms with Crippen LogP contribution in [0.3, 0.4) is 0 Å². The van der Waals surface area contributed by atoms with Crippen molar-refractivity contribution in [3.63, 3.8) is 0 Å². The second-order valence-corrected chi connectivity index (χ2v) is 22.6. The summed E-state index contributed by atoms with van der Waals surface area (Å²) >= 11 is -0.826. The summed E-state index contributed by atoms with van der Waals surface area (Å²) in [6, 6.07) is 33.7. The van der Waals surface area contributed by atoms with Gasteiger partial charge >= 0.3 is 37.9 Å². The van der Waals surface area contributed by atoms with Gasteiger partial charge in [0, 0.05) is 9.52 Å². The molecule has 6 aromatic rings. The maximum atomic E-state index is 4.93. The van der Waals surface area contributed by atoms with Crippen molar-refractivity contribution < 1.29 is 20.8 Å². The second-order valence-electron chi connectivity index (χ2n) is 17.9. The van der Waals surface area contributed by atoms with E-state index in [2.05, 4.69) is 181 Å². The molecular formula is C56H76Cl2SiZr. The van der Waals surface area contributed by atoms with Crippen LogP contribution in [0.1, 0.15) is 177 Å². The van der Waals surface area contributed by atoms with Crippen LogP contribution < -0.4 is 0 Å². The number of rotatable bonds is 14. The number of aryl methyl sites for hydroxylation is 4. The van der Waals surface area contributed by atoms with Gasteiger partial charge in [0.1, 0.15) is 0 Å². The first-order valence-corrected chi connectivity index (χ1v) is 31.3. The molecule has 2 radical (unpaired) electrons. The molecule has 0 N–H and O–H groups in total. The van der Waals surface area contributed by atoms with E-state index in [9.17, 15) is 0 Å². The summed E-state index contributed by atoms with van der Waals surface area (Å²) in [4.78, 5) is 0. The average Bonchev–Trinajstić information content (AvgIpc) is 3.82. The Balaban J connectivity index is 0.000000283. The van der Waals surface area contributed by atoms with Gasteiger partial charge in [-0.1, -0.05) is 181 Å². The van der Waals surface area contributed by atoms with E-state index in [1.807, 2.05) is 0 Å². The van der Waals surface area contributed by atoms with Gasteiger partial charge < -0.3 is 0 Å². The van der Waals surface area contributed by atoms with Crippen molar-refractivity contribution in [2.45, 2.75) is 171 Å². The Morgan fingerprint density at radius 3 is 1.00 bits per heavy atom. The Labute approximate surface area is 388 Å². The van der Waals surface area contributed by atoms with Crippen LogP contribution in [0.2, 0.25) is 13.1 Å². The third-order valence-corrected chi connectivity index (χ3v) is 11.4. The van der Waals surface area contributed by atoms with Crippen LogP contribution in [0.25, 0.3) is 43.8 Å². The van der Waals surface area contributed by atoms with Crippen LogP contribution in [-0.4, -0.2) is 9.52 Å². The van der Waals surface area contributed by atoms with Gasteiger partial charge in [0.05, 0.1) is 0 Å². The van der Waals surface area contributed by atoms with Gasteiger partial charge in [0.2, 0.25) is 0 Å². The van der Waals surface area contributed by atoms with E-state index in [0.717, 1.165) is 22.4 Å². The molecule has 0 spiro atoms. The summed E-state index contributed by atoms with van der Waals surface area (Å²) in [6.07, 6.45) is 9.39. The van der Waals surface area contributed by atoms with E-state index in [1.165, 1.54) is 127 Å². The van der Waals surface area contributed by atoms with Crippen LogP contribution in [0.15, 0.2) is 84.9 Å². The van der Waals surface area contributed by atoms with Gasteiger partial charge in [-0.05, 0) is 82.7 Å². The summed E-state index contributed by atoms with van der Waals surface area (Å²) in [5.41, 5.74) is 17.5. The number of fused-ring (bicyclic) bond motifs is 2. The minimum absolute atomic E-state index is 0.548. The zero-order chi connectivity index (χ0) is 44.5. The number of hydrogen-bond donors (Lipinski definition) is 0. The molecule has 0 saturated heterocycles. The molecule has 0 atom stereocenters. The van der Waals surface area contributed by atoms with Crippen LogP contribution in [0.4, 0.5) is 0 Å². The predicted octanol–water partition coefficient (Wildman–Crippen LogP) is 18.9. The Morgan fingerprint density at radius 2 is 0.750 bits per heavy atom. The first kappa shape index (κ1) is 52.1. The summed E-state index contributed by atoms with van der Waals surface area (Å²) in [5.74, 6) is 2.19. The monoisotopic (exact) mass is 936 g/mol. The first-order chi connectivity index (χ1) is 28.7. The fourth-order valence-electron chi connectivity index (χ4n) is 8.26. The second kappa shape index (κ2) is 26.4. The maximum absolute atomic E-state index is 4.93. The Bertz CT molecular complexity index is 1970.